The summed E-state index contributed by atoms with van der Waals surface area (Å²) in [6, 6.07) is 0.225. The molecule has 10 heavy (non-hydrogen) atoms. The Morgan fingerprint density at radius 1 is 1.50 bits per heavy atom. The lowest BCUT2D eigenvalue weighted by Gasteiger charge is -2.18. The zero-order valence-corrected chi connectivity index (χ0v) is 7.04. The van der Waals surface area contributed by atoms with E-state index in [1.165, 1.54) is 5.06 Å². The Morgan fingerprint density at radius 3 is 2.50 bits per heavy atom. The molecule has 1 atom stereocenters. The van der Waals surface area contributed by atoms with E-state index in [1.807, 2.05) is 26.8 Å². The van der Waals surface area contributed by atoms with E-state index in [0.717, 1.165) is 12.8 Å². The van der Waals surface area contributed by atoms with E-state index < -0.39 is 0 Å². The summed E-state index contributed by atoms with van der Waals surface area (Å²) in [4.78, 5) is 0. The van der Waals surface area contributed by atoms with Crippen molar-refractivity contribution in [1.29, 1.82) is 0 Å². The highest BCUT2D eigenvalue weighted by Gasteiger charge is 2.01. The summed E-state index contributed by atoms with van der Waals surface area (Å²) < 4.78 is 0. The van der Waals surface area contributed by atoms with E-state index in [2.05, 4.69) is 0 Å². The normalized spacial score (nSPS) is 14.0. The number of allylic oxidation sites excluding steroid dienone is 1. The maximum atomic E-state index is 9.20. The van der Waals surface area contributed by atoms with Crippen LogP contribution in [-0.2, 0) is 0 Å². The van der Waals surface area contributed by atoms with E-state index in [0.29, 0.717) is 0 Å². The highest BCUT2D eigenvalue weighted by atomic mass is 16.5. The average Bonchev–Trinajstić information content (AvgIpc) is 1.98. The molecular formula is C8H17NO. The van der Waals surface area contributed by atoms with Gasteiger partial charge < -0.3 is 0 Å². The summed E-state index contributed by atoms with van der Waals surface area (Å²) in [6.07, 6.45) is 5.58. The van der Waals surface area contributed by atoms with Gasteiger partial charge in [-0.15, -0.1) is 0 Å². The third-order valence-corrected chi connectivity index (χ3v) is 1.54. The van der Waals surface area contributed by atoms with Crippen molar-refractivity contribution in [3.63, 3.8) is 0 Å². The van der Waals surface area contributed by atoms with Gasteiger partial charge in [-0.3, -0.25) is 10.3 Å². The molecule has 0 spiro atoms. The fourth-order valence-corrected chi connectivity index (χ4v) is 0.547. The SMILES string of the molecule is CC/C=C\N(O)C(C)CC. The molecule has 0 rings (SSSR count). The summed E-state index contributed by atoms with van der Waals surface area (Å²) in [5, 5.41) is 10.4. The Kier molecular flexibility index (Phi) is 5.03. The first kappa shape index (κ1) is 9.50. The summed E-state index contributed by atoms with van der Waals surface area (Å²) in [7, 11) is 0. The maximum Gasteiger partial charge on any atom is 0.0525 e. The van der Waals surface area contributed by atoms with Gasteiger partial charge in [0.05, 0.1) is 6.04 Å². The van der Waals surface area contributed by atoms with Crippen molar-refractivity contribution < 1.29 is 5.21 Å². The average molecular weight is 143 g/mol. The van der Waals surface area contributed by atoms with Crippen LogP contribution in [0, 0.1) is 0 Å². The molecule has 0 aliphatic rings. The van der Waals surface area contributed by atoms with Gasteiger partial charge in [-0.2, -0.15) is 0 Å². The zero-order valence-electron chi connectivity index (χ0n) is 7.04. The lowest BCUT2D eigenvalue weighted by molar-refractivity contribution is -0.0743. The van der Waals surface area contributed by atoms with Crippen LogP contribution >= 0.6 is 0 Å². The summed E-state index contributed by atoms with van der Waals surface area (Å²) >= 11 is 0. The Morgan fingerprint density at radius 2 is 2.10 bits per heavy atom. The van der Waals surface area contributed by atoms with Crippen molar-refractivity contribution in [3.05, 3.63) is 12.3 Å². The van der Waals surface area contributed by atoms with E-state index in [9.17, 15) is 5.21 Å². The molecule has 2 heteroatoms. The van der Waals surface area contributed by atoms with Gasteiger partial charge in [0.25, 0.3) is 0 Å². The van der Waals surface area contributed by atoms with Crippen LogP contribution in [0.4, 0.5) is 0 Å². The van der Waals surface area contributed by atoms with E-state index in [-0.39, 0.29) is 6.04 Å². The monoisotopic (exact) mass is 143 g/mol. The largest absolute Gasteiger partial charge is 0.289 e. The van der Waals surface area contributed by atoms with Gasteiger partial charge in [-0.1, -0.05) is 19.9 Å². The Bertz CT molecular complexity index is 101. The molecule has 0 saturated heterocycles. The third-order valence-electron chi connectivity index (χ3n) is 1.54. The number of rotatable bonds is 4. The smallest absolute Gasteiger partial charge is 0.0525 e. The third kappa shape index (κ3) is 3.51. The number of hydrogen-bond acceptors (Lipinski definition) is 2. The second-order valence-electron chi connectivity index (χ2n) is 2.43. The quantitative estimate of drug-likeness (QED) is 0.611. The van der Waals surface area contributed by atoms with Gasteiger partial charge >= 0.3 is 0 Å². The molecule has 0 fully saturated rings. The van der Waals surface area contributed by atoms with Gasteiger partial charge in [0.15, 0.2) is 0 Å². The van der Waals surface area contributed by atoms with Crippen LogP contribution in [-0.4, -0.2) is 16.3 Å². The molecule has 1 N–H and O–H groups in total. The molecule has 0 amide bonds. The van der Waals surface area contributed by atoms with Crippen LogP contribution in [0.15, 0.2) is 12.3 Å². The Labute approximate surface area is 63.1 Å². The lowest BCUT2D eigenvalue weighted by atomic mass is 10.2. The minimum absolute atomic E-state index is 0.225. The Hall–Kier alpha value is -0.500. The fourth-order valence-electron chi connectivity index (χ4n) is 0.547. The van der Waals surface area contributed by atoms with Crippen molar-refractivity contribution in [2.24, 2.45) is 0 Å². The van der Waals surface area contributed by atoms with Crippen molar-refractivity contribution in [2.75, 3.05) is 0 Å². The van der Waals surface area contributed by atoms with Crippen LogP contribution in [0.1, 0.15) is 33.6 Å². The maximum absolute atomic E-state index is 9.20. The van der Waals surface area contributed by atoms with Crippen LogP contribution in [0.25, 0.3) is 0 Å². The first-order valence-electron chi connectivity index (χ1n) is 3.86. The topological polar surface area (TPSA) is 23.5 Å². The van der Waals surface area contributed by atoms with Crippen molar-refractivity contribution in [3.8, 4) is 0 Å². The second-order valence-corrected chi connectivity index (χ2v) is 2.43. The molecule has 0 aromatic rings. The lowest BCUT2D eigenvalue weighted by Crippen LogP contribution is -2.23. The van der Waals surface area contributed by atoms with Gasteiger partial charge in [-0.25, -0.2) is 0 Å². The summed E-state index contributed by atoms with van der Waals surface area (Å²) in [5.41, 5.74) is 0. The summed E-state index contributed by atoms with van der Waals surface area (Å²) in [5.74, 6) is 0. The predicted octanol–water partition coefficient (Wildman–Crippen LogP) is 2.40. The first-order chi connectivity index (χ1) is 4.72. The molecule has 0 bridgehead atoms. The van der Waals surface area contributed by atoms with Crippen LogP contribution in [0.2, 0.25) is 0 Å². The fraction of sp³-hybridized carbons (Fsp3) is 0.750. The molecule has 0 aromatic heterocycles. The van der Waals surface area contributed by atoms with Crippen LogP contribution in [0.3, 0.4) is 0 Å². The van der Waals surface area contributed by atoms with Crippen molar-refractivity contribution in [1.82, 2.24) is 5.06 Å². The molecule has 0 saturated carbocycles. The number of hydroxylamine groups is 2. The predicted molar refractivity (Wildman–Crippen MR) is 42.8 cm³/mol. The second kappa shape index (κ2) is 5.30. The molecule has 0 aliphatic heterocycles. The van der Waals surface area contributed by atoms with Gasteiger partial charge in [0, 0.05) is 6.20 Å². The van der Waals surface area contributed by atoms with E-state index in [4.69, 9.17) is 0 Å². The molecule has 0 aliphatic carbocycles. The van der Waals surface area contributed by atoms with Gasteiger partial charge in [-0.05, 0) is 19.8 Å². The van der Waals surface area contributed by atoms with E-state index in [1.54, 1.807) is 6.20 Å². The van der Waals surface area contributed by atoms with Gasteiger partial charge in [0.1, 0.15) is 0 Å². The highest BCUT2D eigenvalue weighted by molar-refractivity contribution is 4.78. The zero-order chi connectivity index (χ0) is 7.98. The first-order valence-corrected chi connectivity index (χ1v) is 3.86. The summed E-state index contributed by atoms with van der Waals surface area (Å²) in [6.45, 7) is 6.08. The molecule has 60 valence electrons. The standard InChI is InChI=1S/C8H17NO/c1-4-6-7-9(10)8(3)5-2/h6-8,10H,4-5H2,1-3H3/b7-6-. The number of hydrogen-bond donors (Lipinski definition) is 1. The van der Waals surface area contributed by atoms with E-state index >= 15 is 0 Å². The molecule has 1 unspecified atom stereocenters. The molecule has 0 aromatic carbocycles. The highest BCUT2D eigenvalue weighted by Crippen LogP contribution is 1.99. The van der Waals surface area contributed by atoms with Crippen LogP contribution in [0.5, 0.6) is 0 Å². The Balaban J connectivity index is 3.60. The van der Waals surface area contributed by atoms with Crippen LogP contribution < -0.4 is 0 Å². The molecule has 2 nitrogen and oxygen atoms in total. The molecular weight excluding hydrogens is 126 g/mol. The minimum atomic E-state index is 0.225. The number of nitrogens with zero attached hydrogens (tertiary/aromatic N) is 1. The van der Waals surface area contributed by atoms with Crippen molar-refractivity contribution >= 4 is 0 Å². The van der Waals surface area contributed by atoms with Crippen molar-refractivity contribution in [2.45, 2.75) is 39.7 Å². The minimum Gasteiger partial charge on any atom is -0.289 e. The molecule has 0 heterocycles. The molecule has 0 radical (unpaired) electrons. The van der Waals surface area contributed by atoms with Gasteiger partial charge in [0.2, 0.25) is 0 Å².